The zero-order valence-corrected chi connectivity index (χ0v) is 13.8. The fourth-order valence-corrected chi connectivity index (χ4v) is 3.16. The zero-order chi connectivity index (χ0) is 17.3. The summed E-state index contributed by atoms with van der Waals surface area (Å²) in [6.07, 6.45) is 0. The van der Waals surface area contributed by atoms with Crippen LogP contribution in [0.3, 0.4) is 0 Å². The second kappa shape index (κ2) is 6.47. The Labute approximate surface area is 140 Å². The van der Waals surface area contributed by atoms with Crippen LogP contribution in [0, 0.1) is 5.92 Å². The topological polar surface area (TPSA) is 86.3 Å². The maximum Gasteiger partial charge on any atom is 0.308 e. The lowest BCUT2D eigenvalue weighted by atomic mass is 9.89. The van der Waals surface area contributed by atoms with Gasteiger partial charge in [-0.2, -0.15) is 5.10 Å². The van der Waals surface area contributed by atoms with Crippen molar-refractivity contribution in [3.05, 3.63) is 53.3 Å². The molecule has 2 atom stereocenters. The standard InChI is InChI=1S/C18H21N3O3/c1-11(2)15-8-16(20-19-15)17(22)21-9-13(14(10-21)18(23)24)12-6-4-3-5-7-12/h3-8,11,13-14H,9-10H2,1-2H3,(H,19,20)(H,23,24)/t13-,14-/m0/s1. The average Bonchev–Trinajstić information content (AvgIpc) is 3.22. The highest BCUT2D eigenvalue weighted by Crippen LogP contribution is 2.33. The number of nitrogens with zero attached hydrogens (tertiary/aromatic N) is 2. The van der Waals surface area contributed by atoms with Crippen molar-refractivity contribution >= 4 is 11.9 Å². The molecule has 1 aromatic heterocycles. The van der Waals surface area contributed by atoms with E-state index in [0.717, 1.165) is 11.3 Å². The average molecular weight is 327 g/mol. The molecule has 24 heavy (non-hydrogen) atoms. The number of aromatic amines is 1. The third kappa shape index (κ3) is 3.04. The van der Waals surface area contributed by atoms with Crippen molar-refractivity contribution in [3.8, 4) is 0 Å². The lowest BCUT2D eigenvalue weighted by Gasteiger charge is -2.15. The van der Waals surface area contributed by atoms with Gasteiger partial charge < -0.3 is 10.0 Å². The van der Waals surface area contributed by atoms with Gasteiger partial charge in [0, 0.05) is 24.7 Å². The van der Waals surface area contributed by atoms with Crippen molar-refractivity contribution < 1.29 is 14.7 Å². The van der Waals surface area contributed by atoms with E-state index in [9.17, 15) is 14.7 Å². The van der Waals surface area contributed by atoms with Crippen molar-refractivity contribution in [1.29, 1.82) is 0 Å². The fourth-order valence-electron chi connectivity index (χ4n) is 3.16. The number of benzene rings is 1. The Kier molecular flexibility index (Phi) is 4.38. The van der Waals surface area contributed by atoms with Crippen molar-refractivity contribution in [1.82, 2.24) is 15.1 Å². The van der Waals surface area contributed by atoms with Crippen LogP contribution in [0.2, 0.25) is 0 Å². The Morgan fingerprint density at radius 2 is 1.96 bits per heavy atom. The summed E-state index contributed by atoms with van der Waals surface area (Å²) in [6, 6.07) is 11.3. The molecule has 0 spiro atoms. The highest BCUT2D eigenvalue weighted by molar-refractivity contribution is 5.93. The van der Waals surface area contributed by atoms with Crippen LogP contribution in [0.15, 0.2) is 36.4 Å². The summed E-state index contributed by atoms with van der Waals surface area (Å²) in [6.45, 7) is 4.63. The van der Waals surface area contributed by atoms with Gasteiger partial charge in [-0.3, -0.25) is 14.7 Å². The molecule has 0 radical (unpaired) electrons. The Hall–Kier alpha value is -2.63. The molecule has 1 amide bonds. The quantitative estimate of drug-likeness (QED) is 0.903. The second-order valence-electron chi connectivity index (χ2n) is 6.54. The molecule has 2 aromatic rings. The lowest BCUT2D eigenvalue weighted by Crippen LogP contribution is -2.30. The van der Waals surface area contributed by atoms with Crippen LogP contribution in [0.1, 0.15) is 47.4 Å². The number of carboxylic acid groups (broad SMARTS) is 1. The first kappa shape index (κ1) is 16.2. The minimum atomic E-state index is -0.871. The molecule has 3 rings (SSSR count). The predicted molar refractivity (Wildman–Crippen MR) is 88.9 cm³/mol. The van der Waals surface area contributed by atoms with E-state index in [2.05, 4.69) is 10.2 Å². The number of carbonyl (C=O) groups is 2. The Balaban J connectivity index is 1.82. The van der Waals surface area contributed by atoms with Gasteiger partial charge in [-0.15, -0.1) is 0 Å². The monoisotopic (exact) mass is 327 g/mol. The van der Waals surface area contributed by atoms with Crippen LogP contribution in [0.5, 0.6) is 0 Å². The molecule has 6 nitrogen and oxygen atoms in total. The molecular formula is C18H21N3O3. The SMILES string of the molecule is CC(C)c1cc(C(=O)N2C[C@H](C(=O)O)[C@H](c3ccccc3)C2)n[nH]1. The largest absolute Gasteiger partial charge is 0.481 e. The van der Waals surface area contributed by atoms with E-state index >= 15 is 0 Å². The molecule has 1 saturated heterocycles. The maximum absolute atomic E-state index is 12.7. The summed E-state index contributed by atoms with van der Waals surface area (Å²) in [5.41, 5.74) is 2.19. The van der Waals surface area contributed by atoms with Crippen molar-refractivity contribution in [2.24, 2.45) is 5.92 Å². The summed E-state index contributed by atoms with van der Waals surface area (Å²) < 4.78 is 0. The van der Waals surface area contributed by atoms with E-state index in [0.29, 0.717) is 12.2 Å². The van der Waals surface area contributed by atoms with Gasteiger partial charge in [0.25, 0.3) is 5.91 Å². The summed E-state index contributed by atoms with van der Waals surface area (Å²) in [5, 5.41) is 16.5. The molecule has 0 bridgehead atoms. The number of hydrogen-bond donors (Lipinski definition) is 2. The molecule has 1 aliphatic rings. The van der Waals surface area contributed by atoms with Gasteiger partial charge in [-0.1, -0.05) is 44.2 Å². The molecule has 0 aliphatic carbocycles. The van der Waals surface area contributed by atoms with E-state index in [1.165, 1.54) is 0 Å². The molecule has 0 saturated carbocycles. The number of hydrogen-bond acceptors (Lipinski definition) is 3. The number of aliphatic carboxylic acids is 1. The molecule has 2 N–H and O–H groups in total. The van der Waals surface area contributed by atoms with E-state index < -0.39 is 11.9 Å². The number of aromatic nitrogens is 2. The minimum Gasteiger partial charge on any atom is -0.481 e. The lowest BCUT2D eigenvalue weighted by molar-refractivity contribution is -0.141. The van der Waals surface area contributed by atoms with E-state index in [4.69, 9.17) is 0 Å². The molecule has 126 valence electrons. The van der Waals surface area contributed by atoms with Crippen LogP contribution in [0.25, 0.3) is 0 Å². The molecule has 0 unspecified atom stereocenters. The zero-order valence-electron chi connectivity index (χ0n) is 13.8. The molecule has 2 heterocycles. The van der Waals surface area contributed by atoms with Crippen LogP contribution >= 0.6 is 0 Å². The summed E-state index contributed by atoms with van der Waals surface area (Å²) in [5.74, 6) is -1.63. The van der Waals surface area contributed by atoms with Crippen LogP contribution in [-0.2, 0) is 4.79 Å². The maximum atomic E-state index is 12.7. The highest BCUT2D eigenvalue weighted by Gasteiger charge is 2.41. The Morgan fingerprint density at radius 3 is 2.54 bits per heavy atom. The van der Waals surface area contributed by atoms with Crippen molar-refractivity contribution in [2.75, 3.05) is 13.1 Å². The summed E-state index contributed by atoms with van der Waals surface area (Å²) in [7, 11) is 0. The number of H-pyrrole nitrogens is 1. The molecule has 1 aromatic carbocycles. The van der Waals surface area contributed by atoms with E-state index in [1.54, 1.807) is 11.0 Å². The van der Waals surface area contributed by atoms with Gasteiger partial charge in [0.15, 0.2) is 0 Å². The predicted octanol–water partition coefficient (Wildman–Crippen LogP) is 2.47. The smallest absolute Gasteiger partial charge is 0.308 e. The van der Waals surface area contributed by atoms with Gasteiger partial charge in [-0.05, 0) is 17.5 Å². The van der Waals surface area contributed by atoms with Gasteiger partial charge in [-0.25, -0.2) is 0 Å². The second-order valence-corrected chi connectivity index (χ2v) is 6.54. The van der Waals surface area contributed by atoms with Crippen molar-refractivity contribution in [3.63, 3.8) is 0 Å². The normalized spacial score (nSPS) is 20.5. The number of amides is 1. The van der Waals surface area contributed by atoms with Gasteiger partial charge in [0.05, 0.1) is 5.92 Å². The minimum absolute atomic E-state index is 0.198. The summed E-state index contributed by atoms with van der Waals surface area (Å²) in [4.78, 5) is 25.9. The first-order valence-corrected chi connectivity index (χ1v) is 8.09. The molecule has 6 heteroatoms. The number of likely N-dealkylation sites (tertiary alicyclic amines) is 1. The van der Waals surface area contributed by atoms with E-state index in [-0.39, 0.29) is 24.3 Å². The Morgan fingerprint density at radius 1 is 1.25 bits per heavy atom. The number of carbonyl (C=O) groups excluding carboxylic acids is 1. The Bertz CT molecular complexity index is 739. The number of rotatable bonds is 4. The number of carboxylic acids is 1. The highest BCUT2D eigenvalue weighted by atomic mass is 16.4. The molecule has 1 aliphatic heterocycles. The fraction of sp³-hybridized carbons (Fsp3) is 0.389. The van der Waals surface area contributed by atoms with Gasteiger partial charge in [0.2, 0.25) is 0 Å². The van der Waals surface area contributed by atoms with Crippen LogP contribution in [0.4, 0.5) is 0 Å². The molecular weight excluding hydrogens is 306 g/mol. The first-order valence-electron chi connectivity index (χ1n) is 8.09. The van der Waals surface area contributed by atoms with Crippen molar-refractivity contribution in [2.45, 2.75) is 25.7 Å². The van der Waals surface area contributed by atoms with Crippen LogP contribution < -0.4 is 0 Å². The van der Waals surface area contributed by atoms with Gasteiger partial charge >= 0.3 is 5.97 Å². The van der Waals surface area contributed by atoms with Crippen LogP contribution in [-0.4, -0.2) is 45.2 Å². The van der Waals surface area contributed by atoms with E-state index in [1.807, 2.05) is 44.2 Å². The molecule has 1 fully saturated rings. The number of nitrogens with one attached hydrogen (secondary N) is 1. The third-order valence-electron chi connectivity index (χ3n) is 4.59. The van der Waals surface area contributed by atoms with Gasteiger partial charge in [0.1, 0.15) is 5.69 Å². The summed E-state index contributed by atoms with van der Waals surface area (Å²) >= 11 is 0. The first-order chi connectivity index (χ1) is 11.5. The third-order valence-corrected chi connectivity index (χ3v) is 4.59.